The number of carbonyl (C=O) groups is 2. The van der Waals surface area contributed by atoms with Crippen LogP contribution in [0.1, 0.15) is 13.3 Å². The predicted molar refractivity (Wildman–Crippen MR) is 70.9 cm³/mol. The van der Waals surface area contributed by atoms with Gasteiger partial charge in [0.25, 0.3) is 5.91 Å². The summed E-state index contributed by atoms with van der Waals surface area (Å²) in [6.07, 6.45) is 0.148. The van der Waals surface area contributed by atoms with Crippen LogP contribution in [0, 0.1) is 0 Å². The van der Waals surface area contributed by atoms with Crippen molar-refractivity contribution in [2.75, 3.05) is 11.9 Å². The Hall–Kier alpha value is -1.26. The van der Waals surface area contributed by atoms with E-state index < -0.39 is 6.04 Å². The van der Waals surface area contributed by atoms with E-state index in [-0.39, 0.29) is 18.2 Å². The van der Waals surface area contributed by atoms with Crippen molar-refractivity contribution in [1.29, 1.82) is 0 Å². The third-order valence-electron chi connectivity index (χ3n) is 2.82. The van der Waals surface area contributed by atoms with E-state index >= 15 is 0 Å². The molecule has 1 atom stereocenters. The quantitative estimate of drug-likeness (QED) is 0.869. The van der Waals surface area contributed by atoms with Crippen LogP contribution in [0.15, 0.2) is 18.2 Å². The van der Waals surface area contributed by atoms with Gasteiger partial charge in [0.2, 0.25) is 5.91 Å². The minimum absolute atomic E-state index is 0.148. The Bertz CT molecular complexity index is 505. The van der Waals surface area contributed by atoms with Crippen LogP contribution in [0.2, 0.25) is 10.0 Å². The van der Waals surface area contributed by atoms with Gasteiger partial charge in [0.1, 0.15) is 6.04 Å². The van der Waals surface area contributed by atoms with Crippen molar-refractivity contribution < 1.29 is 9.59 Å². The summed E-state index contributed by atoms with van der Waals surface area (Å²) in [4.78, 5) is 24.7. The van der Waals surface area contributed by atoms with E-state index in [0.717, 1.165) is 0 Å². The van der Waals surface area contributed by atoms with E-state index in [1.54, 1.807) is 25.1 Å². The van der Waals surface area contributed by atoms with E-state index in [1.807, 2.05) is 0 Å². The lowest BCUT2D eigenvalue weighted by Crippen LogP contribution is -2.34. The highest BCUT2D eigenvalue weighted by atomic mass is 35.5. The summed E-state index contributed by atoms with van der Waals surface area (Å²) in [5.41, 5.74) is 0.563. The Balaban J connectivity index is 2.18. The van der Waals surface area contributed by atoms with E-state index in [2.05, 4.69) is 5.32 Å². The van der Waals surface area contributed by atoms with Crippen molar-refractivity contribution in [3.8, 4) is 0 Å². The average Bonchev–Trinajstić information content (AvgIpc) is 2.59. The summed E-state index contributed by atoms with van der Waals surface area (Å²) < 4.78 is 0. The molecule has 96 valence electrons. The normalized spacial score (nSPS) is 19.5. The Labute approximate surface area is 115 Å². The Morgan fingerprint density at radius 3 is 2.72 bits per heavy atom. The molecule has 0 radical (unpaired) electrons. The molecule has 6 heteroatoms. The maximum atomic E-state index is 11.9. The van der Waals surface area contributed by atoms with Gasteiger partial charge in [0, 0.05) is 11.6 Å². The van der Waals surface area contributed by atoms with Crippen LogP contribution in [0.5, 0.6) is 0 Å². The van der Waals surface area contributed by atoms with Gasteiger partial charge < -0.3 is 5.32 Å². The molecule has 1 fully saturated rings. The first kappa shape index (κ1) is 13.2. The minimum Gasteiger partial charge on any atom is -0.372 e. The van der Waals surface area contributed by atoms with E-state index in [9.17, 15) is 9.59 Å². The number of halogens is 2. The number of rotatable bonds is 3. The lowest BCUT2D eigenvalue weighted by atomic mass is 10.2. The number of nitrogens with zero attached hydrogens (tertiary/aromatic N) is 1. The third-order valence-corrected chi connectivity index (χ3v) is 3.38. The van der Waals surface area contributed by atoms with Crippen LogP contribution in [-0.2, 0) is 9.59 Å². The maximum Gasteiger partial charge on any atom is 0.252 e. The SMILES string of the molecule is CCN1C(=O)CC(Nc2cc(Cl)ccc2Cl)C1=O. The summed E-state index contributed by atoms with van der Waals surface area (Å²) >= 11 is 11.9. The number of amides is 2. The second-order valence-electron chi connectivity index (χ2n) is 4.00. The van der Waals surface area contributed by atoms with Crippen molar-refractivity contribution in [2.45, 2.75) is 19.4 Å². The minimum atomic E-state index is -0.562. The van der Waals surface area contributed by atoms with Gasteiger partial charge in [0.05, 0.1) is 17.1 Å². The molecular formula is C12H12Cl2N2O2. The molecule has 0 aliphatic carbocycles. The molecule has 4 nitrogen and oxygen atoms in total. The molecule has 0 bridgehead atoms. The van der Waals surface area contributed by atoms with Crippen molar-refractivity contribution in [3.05, 3.63) is 28.2 Å². The molecule has 18 heavy (non-hydrogen) atoms. The van der Waals surface area contributed by atoms with E-state index in [1.165, 1.54) is 4.90 Å². The van der Waals surface area contributed by atoms with Crippen molar-refractivity contribution in [3.63, 3.8) is 0 Å². The molecule has 1 aromatic carbocycles. The number of hydrogen-bond donors (Lipinski definition) is 1. The van der Waals surface area contributed by atoms with Gasteiger partial charge in [-0.2, -0.15) is 0 Å². The number of carbonyl (C=O) groups excluding carboxylic acids is 2. The molecule has 2 amide bonds. The molecule has 1 aromatic rings. The monoisotopic (exact) mass is 286 g/mol. The molecule has 2 rings (SSSR count). The predicted octanol–water partition coefficient (Wildman–Crippen LogP) is 2.55. The van der Waals surface area contributed by atoms with Crippen LogP contribution in [0.3, 0.4) is 0 Å². The first-order valence-electron chi connectivity index (χ1n) is 5.58. The highest BCUT2D eigenvalue weighted by Gasteiger charge is 2.37. The summed E-state index contributed by atoms with van der Waals surface area (Å²) in [6.45, 7) is 2.16. The topological polar surface area (TPSA) is 49.4 Å². The van der Waals surface area contributed by atoms with Crippen molar-refractivity contribution >= 4 is 40.7 Å². The maximum absolute atomic E-state index is 11.9. The third kappa shape index (κ3) is 2.44. The van der Waals surface area contributed by atoms with Gasteiger partial charge in [-0.1, -0.05) is 23.2 Å². The largest absolute Gasteiger partial charge is 0.372 e. The highest BCUT2D eigenvalue weighted by molar-refractivity contribution is 6.35. The number of imide groups is 1. The van der Waals surface area contributed by atoms with E-state index in [4.69, 9.17) is 23.2 Å². The Morgan fingerprint density at radius 2 is 2.11 bits per heavy atom. The van der Waals surface area contributed by atoms with Crippen LogP contribution in [-0.4, -0.2) is 29.3 Å². The second-order valence-corrected chi connectivity index (χ2v) is 4.85. The van der Waals surface area contributed by atoms with Crippen molar-refractivity contribution in [1.82, 2.24) is 4.90 Å². The van der Waals surface area contributed by atoms with Crippen LogP contribution in [0.25, 0.3) is 0 Å². The number of anilines is 1. The molecule has 1 aliphatic rings. The molecule has 0 aromatic heterocycles. The number of likely N-dealkylation sites (tertiary alicyclic amines) is 1. The van der Waals surface area contributed by atoms with Gasteiger partial charge in [-0.25, -0.2) is 0 Å². The van der Waals surface area contributed by atoms with Crippen LogP contribution in [0.4, 0.5) is 5.69 Å². The fourth-order valence-corrected chi connectivity index (χ4v) is 2.27. The van der Waals surface area contributed by atoms with Crippen LogP contribution >= 0.6 is 23.2 Å². The molecule has 0 saturated carbocycles. The van der Waals surface area contributed by atoms with Crippen molar-refractivity contribution in [2.24, 2.45) is 0 Å². The van der Waals surface area contributed by atoms with Crippen LogP contribution < -0.4 is 5.32 Å². The fourth-order valence-electron chi connectivity index (χ4n) is 1.92. The summed E-state index contributed by atoms with van der Waals surface area (Å²) in [7, 11) is 0. The number of likely N-dealkylation sites (N-methyl/N-ethyl adjacent to an activating group) is 1. The van der Waals surface area contributed by atoms with E-state index in [0.29, 0.717) is 22.3 Å². The van der Waals surface area contributed by atoms with Gasteiger partial charge in [-0.15, -0.1) is 0 Å². The molecule has 0 spiro atoms. The summed E-state index contributed by atoms with van der Waals surface area (Å²) in [6, 6.07) is 4.38. The molecular weight excluding hydrogens is 275 g/mol. The molecule has 1 saturated heterocycles. The Morgan fingerprint density at radius 1 is 1.39 bits per heavy atom. The lowest BCUT2D eigenvalue weighted by Gasteiger charge is -2.15. The molecule has 1 aliphatic heterocycles. The molecule has 1 N–H and O–H groups in total. The zero-order valence-corrected chi connectivity index (χ0v) is 11.3. The number of hydrogen-bond acceptors (Lipinski definition) is 3. The number of nitrogens with one attached hydrogen (secondary N) is 1. The van der Waals surface area contributed by atoms with Gasteiger partial charge in [-0.3, -0.25) is 14.5 Å². The smallest absolute Gasteiger partial charge is 0.252 e. The van der Waals surface area contributed by atoms with Gasteiger partial charge in [-0.05, 0) is 25.1 Å². The molecule has 1 unspecified atom stereocenters. The Kier molecular flexibility index (Phi) is 3.78. The number of benzene rings is 1. The fraction of sp³-hybridized carbons (Fsp3) is 0.333. The first-order chi connectivity index (χ1) is 8.52. The summed E-state index contributed by atoms with van der Waals surface area (Å²) in [5, 5.41) is 3.95. The average molecular weight is 287 g/mol. The highest BCUT2D eigenvalue weighted by Crippen LogP contribution is 2.28. The lowest BCUT2D eigenvalue weighted by molar-refractivity contribution is -0.138. The zero-order valence-electron chi connectivity index (χ0n) is 9.74. The zero-order chi connectivity index (χ0) is 13.3. The summed E-state index contributed by atoms with van der Waals surface area (Å²) in [5.74, 6) is -0.392. The molecule has 1 heterocycles. The van der Waals surface area contributed by atoms with Gasteiger partial charge >= 0.3 is 0 Å². The second kappa shape index (κ2) is 5.16. The van der Waals surface area contributed by atoms with Gasteiger partial charge in [0.15, 0.2) is 0 Å². The first-order valence-corrected chi connectivity index (χ1v) is 6.34. The standard InChI is InChI=1S/C12H12Cl2N2O2/c1-2-16-11(17)6-10(12(16)18)15-9-5-7(13)3-4-8(9)14/h3-5,10,15H,2,6H2,1H3.